The highest BCUT2D eigenvalue weighted by atomic mass is 19.1. The Morgan fingerprint density at radius 1 is 0.971 bits per heavy atom. The lowest BCUT2D eigenvalue weighted by Gasteiger charge is -2.10. The molecule has 0 atom stereocenters. The van der Waals surface area contributed by atoms with Crippen molar-refractivity contribution in [3.05, 3.63) is 90.8 Å². The van der Waals surface area contributed by atoms with Crippen molar-refractivity contribution in [2.24, 2.45) is 5.73 Å². The molecule has 0 aliphatic carbocycles. The van der Waals surface area contributed by atoms with E-state index in [1.807, 2.05) is 54.9 Å². The van der Waals surface area contributed by atoms with Gasteiger partial charge in [-0.05, 0) is 73.5 Å². The van der Waals surface area contributed by atoms with E-state index in [2.05, 4.69) is 33.6 Å². The summed E-state index contributed by atoms with van der Waals surface area (Å²) in [7, 11) is 0. The van der Waals surface area contributed by atoms with Gasteiger partial charge in [-0.15, -0.1) is 0 Å². The molecule has 0 unspecified atom stereocenters. The number of hydrogen-bond acceptors (Lipinski definition) is 3. The molecular weight excluding hydrogens is 427 g/mol. The van der Waals surface area contributed by atoms with Crippen molar-refractivity contribution in [2.75, 3.05) is 13.2 Å². The van der Waals surface area contributed by atoms with Crippen LogP contribution in [0.3, 0.4) is 0 Å². The number of nitrogens with one attached hydrogen (secondary N) is 1. The lowest BCUT2D eigenvalue weighted by molar-refractivity contribution is 0.313. The van der Waals surface area contributed by atoms with Crippen LogP contribution in [0.15, 0.2) is 79.3 Å². The fourth-order valence-corrected chi connectivity index (χ4v) is 4.27. The quantitative estimate of drug-likeness (QED) is 0.279. The second-order valence-corrected chi connectivity index (χ2v) is 8.22. The molecule has 0 aliphatic heterocycles. The van der Waals surface area contributed by atoms with E-state index in [9.17, 15) is 4.39 Å². The van der Waals surface area contributed by atoms with Gasteiger partial charge in [0.25, 0.3) is 0 Å². The topological polar surface area (TPSA) is 68.3 Å². The number of aryl methyl sites for hydroxylation is 1. The molecule has 6 heteroatoms. The first-order chi connectivity index (χ1) is 16.7. The Bertz CT molecular complexity index is 1400. The van der Waals surface area contributed by atoms with Gasteiger partial charge in [-0.1, -0.05) is 19.1 Å². The summed E-state index contributed by atoms with van der Waals surface area (Å²) in [5, 5.41) is 0. The van der Waals surface area contributed by atoms with Crippen LogP contribution in [0.1, 0.15) is 19.0 Å². The van der Waals surface area contributed by atoms with Crippen LogP contribution < -0.4 is 10.5 Å². The van der Waals surface area contributed by atoms with Crippen molar-refractivity contribution in [2.45, 2.75) is 19.8 Å². The van der Waals surface area contributed by atoms with Crippen molar-refractivity contribution in [3.63, 3.8) is 0 Å². The number of pyridine rings is 1. The van der Waals surface area contributed by atoms with Crippen molar-refractivity contribution in [3.8, 4) is 39.3 Å². The Morgan fingerprint density at radius 3 is 2.44 bits per heavy atom. The van der Waals surface area contributed by atoms with E-state index in [4.69, 9.17) is 10.5 Å². The average molecular weight is 455 g/mol. The van der Waals surface area contributed by atoms with Gasteiger partial charge in [0, 0.05) is 40.3 Å². The summed E-state index contributed by atoms with van der Waals surface area (Å²) < 4.78 is 21.4. The number of fused-ring (bicyclic) bond motifs is 1. The minimum atomic E-state index is -0.237. The molecule has 0 radical (unpaired) electrons. The van der Waals surface area contributed by atoms with Crippen LogP contribution in [-0.2, 0) is 6.42 Å². The van der Waals surface area contributed by atoms with Crippen LogP contribution in [0.5, 0.6) is 5.75 Å². The number of nitrogens with zero attached hydrogens (tertiary/aromatic N) is 2. The highest BCUT2D eigenvalue weighted by Gasteiger charge is 2.16. The second-order valence-electron chi connectivity index (χ2n) is 8.22. The number of aromatic nitrogens is 3. The maximum Gasteiger partial charge on any atom is 0.137 e. The molecule has 3 N–H and O–H groups in total. The molecule has 3 aromatic heterocycles. The molecule has 0 fully saturated rings. The van der Waals surface area contributed by atoms with Gasteiger partial charge in [-0.25, -0.2) is 9.37 Å². The molecule has 5 nitrogen and oxygen atoms in total. The monoisotopic (exact) mass is 454 g/mol. The molecule has 0 saturated heterocycles. The van der Waals surface area contributed by atoms with Crippen molar-refractivity contribution >= 4 is 5.65 Å². The second kappa shape index (κ2) is 9.53. The van der Waals surface area contributed by atoms with Gasteiger partial charge in [-0.2, -0.15) is 0 Å². The summed E-state index contributed by atoms with van der Waals surface area (Å²) in [6.45, 7) is 3.34. The Balaban J connectivity index is 1.53. The third-order valence-corrected chi connectivity index (χ3v) is 6.03. The zero-order chi connectivity index (χ0) is 23.5. The predicted molar refractivity (Wildman–Crippen MR) is 134 cm³/mol. The third-order valence-electron chi connectivity index (χ3n) is 6.03. The summed E-state index contributed by atoms with van der Waals surface area (Å²) in [6.07, 6.45) is 7.71. The van der Waals surface area contributed by atoms with Crippen molar-refractivity contribution in [1.82, 2.24) is 14.4 Å². The number of aromatic amines is 1. The first-order valence-corrected chi connectivity index (χ1v) is 11.5. The van der Waals surface area contributed by atoms with E-state index in [0.717, 1.165) is 63.4 Å². The van der Waals surface area contributed by atoms with Crippen LogP contribution in [0.2, 0.25) is 0 Å². The Hall–Kier alpha value is -3.90. The highest BCUT2D eigenvalue weighted by Crippen LogP contribution is 2.36. The molecule has 3 heterocycles. The highest BCUT2D eigenvalue weighted by molar-refractivity contribution is 5.85. The number of H-pyrrole nitrogens is 1. The van der Waals surface area contributed by atoms with Crippen molar-refractivity contribution in [1.29, 1.82) is 0 Å². The number of imidazole rings is 1. The molecule has 0 spiro atoms. The summed E-state index contributed by atoms with van der Waals surface area (Å²) in [5.74, 6) is 0.592. The number of ether oxygens (including phenoxy) is 1. The minimum absolute atomic E-state index is 0.237. The fraction of sp³-hybridized carbons (Fsp3) is 0.179. The third kappa shape index (κ3) is 4.20. The van der Waals surface area contributed by atoms with E-state index < -0.39 is 0 Å². The van der Waals surface area contributed by atoms with Crippen LogP contribution in [0, 0.1) is 5.82 Å². The van der Waals surface area contributed by atoms with Crippen LogP contribution in [0.4, 0.5) is 4.39 Å². The van der Waals surface area contributed by atoms with Gasteiger partial charge in [0.1, 0.15) is 17.2 Å². The van der Waals surface area contributed by atoms with Crippen LogP contribution in [0.25, 0.3) is 39.2 Å². The number of benzene rings is 2. The zero-order valence-corrected chi connectivity index (χ0v) is 19.1. The van der Waals surface area contributed by atoms with Gasteiger partial charge >= 0.3 is 0 Å². The smallest absolute Gasteiger partial charge is 0.137 e. The molecular formula is C28H27FN4O. The number of hydrogen-bond donors (Lipinski definition) is 2. The Kier molecular flexibility index (Phi) is 6.14. The standard InChI is InChI=1S/C28H27FN4O/c1-2-25-28(20-4-9-22(29)10-5-20)24(16-31-25)21-8-13-27-32-17-26(33(27)18-21)19-6-11-23(12-7-19)34-15-3-14-30/h4-13,16-18,31H,2-3,14-15,30H2,1H3. The number of rotatable bonds is 8. The van der Waals surface area contributed by atoms with Crippen LogP contribution in [-0.4, -0.2) is 27.5 Å². The summed E-state index contributed by atoms with van der Waals surface area (Å²) >= 11 is 0. The van der Waals surface area contributed by atoms with E-state index in [1.54, 1.807) is 0 Å². The average Bonchev–Trinajstić information content (AvgIpc) is 3.49. The molecule has 0 amide bonds. The lowest BCUT2D eigenvalue weighted by Crippen LogP contribution is -2.05. The Morgan fingerprint density at radius 2 is 1.71 bits per heavy atom. The zero-order valence-electron chi connectivity index (χ0n) is 19.1. The maximum absolute atomic E-state index is 13.6. The van der Waals surface area contributed by atoms with Gasteiger partial charge < -0.3 is 15.5 Å². The number of halogens is 1. The summed E-state index contributed by atoms with van der Waals surface area (Å²) in [4.78, 5) is 8.00. The molecule has 5 aromatic rings. The maximum atomic E-state index is 13.6. The van der Waals surface area contributed by atoms with E-state index in [1.165, 1.54) is 12.1 Å². The summed E-state index contributed by atoms with van der Waals surface area (Å²) in [6, 6.07) is 18.8. The molecule has 34 heavy (non-hydrogen) atoms. The molecule has 172 valence electrons. The van der Waals surface area contributed by atoms with Crippen LogP contribution >= 0.6 is 0 Å². The van der Waals surface area contributed by atoms with E-state index >= 15 is 0 Å². The van der Waals surface area contributed by atoms with E-state index in [-0.39, 0.29) is 5.82 Å². The van der Waals surface area contributed by atoms with Crippen molar-refractivity contribution < 1.29 is 9.13 Å². The largest absolute Gasteiger partial charge is 0.494 e. The van der Waals surface area contributed by atoms with Gasteiger partial charge in [0.05, 0.1) is 18.5 Å². The number of nitrogens with two attached hydrogens (primary N) is 1. The minimum Gasteiger partial charge on any atom is -0.494 e. The normalized spacial score (nSPS) is 11.3. The molecule has 2 aromatic carbocycles. The Labute approximate surface area is 198 Å². The fourth-order valence-electron chi connectivity index (χ4n) is 4.27. The first-order valence-electron chi connectivity index (χ1n) is 11.5. The molecule has 0 saturated carbocycles. The molecule has 5 rings (SSSR count). The molecule has 0 aliphatic rings. The first kappa shape index (κ1) is 21.9. The van der Waals surface area contributed by atoms with E-state index in [0.29, 0.717) is 13.2 Å². The van der Waals surface area contributed by atoms with Gasteiger partial charge in [0.15, 0.2) is 0 Å². The predicted octanol–water partition coefficient (Wildman–Crippen LogP) is 6.09. The SMILES string of the molecule is CCc1[nH]cc(-c2ccc3ncc(-c4ccc(OCCCN)cc4)n3c2)c1-c1ccc(F)cc1. The lowest BCUT2D eigenvalue weighted by atomic mass is 9.97. The summed E-state index contributed by atoms with van der Waals surface area (Å²) in [5.41, 5.74) is 13.8. The molecule has 0 bridgehead atoms. The van der Waals surface area contributed by atoms with Gasteiger partial charge in [0.2, 0.25) is 0 Å². The van der Waals surface area contributed by atoms with Gasteiger partial charge in [-0.3, -0.25) is 4.40 Å².